The predicted molar refractivity (Wildman–Crippen MR) is 59.4 cm³/mol. The van der Waals surface area contributed by atoms with Crippen molar-refractivity contribution >= 4 is 11.8 Å². The van der Waals surface area contributed by atoms with Crippen LogP contribution in [-0.2, 0) is 5.41 Å². The van der Waals surface area contributed by atoms with E-state index in [-0.39, 0.29) is 5.41 Å². The molecular weight excluding hydrogens is 176 g/mol. The average Bonchev–Trinajstić information content (AvgIpc) is 2.20. The number of benzene rings is 1. The molecule has 1 aliphatic rings. The van der Waals surface area contributed by atoms with Gasteiger partial charge in [0.15, 0.2) is 0 Å². The Bertz CT molecular complexity index is 337. The maximum atomic E-state index is 2.34. The van der Waals surface area contributed by atoms with Crippen molar-refractivity contribution in [3.05, 3.63) is 29.8 Å². The molecule has 1 heterocycles. The highest BCUT2D eigenvalue weighted by atomic mass is 32.2. The molecule has 0 saturated carbocycles. The van der Waals surface area contributed by atoms with Crippen LogP contribution in [0, 0.1) is 0 Å². The van der Waals surface area contributed by atoms with Gasteiger partial charge in [-0.05, 0) is 25.5 Å². The normalized spacial score (nSPS) is 22.8. The van der Waals surface area contributed by atoms with Crippen LogP contribution in [0.1, 0.15) is 33.3 Å². The zero-order valence-electron chi connectivity index (χ0n) is 8.72. The molecule has 0 saturated heterocycles. The molecule has 1 heteroatoms. The second-order valence-corrected chi connectivity index (χ2v) is 6.40. The van der Waals surface area contributed by atoms with Crippen LogP contribution in [0.2, 0.25) is 0 Å². The molecule has 0 N–H and O–H groups in total. The first-order valence-electron chi connectivity index (χ1n) is 4.74. The number of hydrogen-bond donors (Lipinski definition) is 0. The SMILES string of the molecule is CC1(C)Sc2ccccc2C1(C)C. The standard InChI is InChI=1S/C12H16S/c1-11(2)9-7-5-6-8-10(9)13-12(11,3)4/h5-8H,1-4H3. The average molecular weight is 192 g/mol. The van der Waals surface area contributed by atoms with Crippen molar-refractivity contribution < 1.29 is 0 Å². The van der Waals surface area contributed by atoms with Crippen LogP contribution in [0.5, 0.6) is 0 Å². The lowest BCUT2D eigenvalue weighted by Crippen LogP contribution is -2.35. The number of thioether (sulfide) groups is 1. The quantitative estimate of drug-likeness (QED) is 0.601. The first-order valence-corrected chi connectivity index (χ1v) is 5.55. The lowest BCUT2D eigenvalue weighted by Gasteiger charge is -2.34. The Morgan fingerprint density at radius 2 is 1.62 bits per heavy atom. The Balaban J connectivity index is 2.60. The van der Waals surface area contributed by atoms with Gasteiger partial charge in [0.1, 0.15) is 0 Å². The van der Waals surface area contributed by atoms with E-state index >= 15 is 0 Å². The summed E-state index contributed by atoms with van der Waals surface area (Å²) in [6.45, 7) is 9.34. The van der Waals surface area contributed by atoms with Gasteiger partial charge < -0.3 is 0 Å². The highest BCUT2D eigenvalue weighted by Gasteiger charge is 2.45. The fourth-order valence-electron chi connectivity index (χ4n) is 1.80. The van der Waals surface area contributed by atoms with Gasteiger partial charge in [-0.1, -0.05) is 32.0 Å². The summed E-state index contributed by atoms with van der Waals surface area (Å²) >= 11 is 2.00. The minimum atomic E-state index is 0.286. The van der Waals surface area contributed by atoms with Gasteiger partial charge in [-0.25, -0.2) is 0 Å². The van der Waals surface area contributed by atoms with Crippen molar-refractivity contribution in [3.8, 4) is 0 Å². The third-order valence-corrected chi connectivity index (χ3v) is 5.03. The van der Waals surface area contributed by atoms with Gasteiger partial charge in [-0.15, -0.1) is 11.8 Å². The molecule has 1 aromatic carbocycles. The fourth-order valence-corrected chi connectivity index (χ4v) is 3.29. The van der Waals surface area contributed by atoms with Gasteiger partial charge in [0, 0.05) is 15.1 Å². The smallest absolute Gasteiger partial charge is 0.0242 e. The number of rotatable bonds is 0. The van der Waals surface area contributed by atoms with Crippen molar-refractivity contribution in [1.29, 1.82) is 0 Å². The molecular formula is C12H16S. The molecule has 0 bridgehead atoms. The summed E-state index contributed by atoms with van der Waals surface area (Å²) in [5, 5.41) is 0. The Kier molecular flexibility index (Phi) is 1.78. The minimum Gasteiger partial charge on any atom is -0.119 e. The molecule has 0 spiro atoms. The molecule has 0 nitrogen and oxygen atoms in total. The second kappa shape index (κ2) is 2.54. The van der Waals surface area contributed by atoms with Crippen molar-refractivity contribution in [2.45, 2.75) is 42.8 Å². The molecule has 0 radical (unpaired) electrons. The Labute approximate surface area is 84.7 Å². The van der Waals surface area contributed by atoms with Crippen LogP contribution in [0.15, 0.2) is 29.2 Å². The van der Waals surface area contributed by atoms with Crippen LogP contribution < -0.4 is 0 Å². The summed E-state index contributed by atoms with van der Waals surface area (Å²) in [5.41, 5.74) is 1.79. The maximum absolute atomic E-state index is 2.34. The third-order valence-electron chi connectivity index (χ3n) is 3.43. The second-order valence-electron chi connectivity index (χ2n) is 4.73. The van der Waals surface area contributed by atoms with Gasteiger partial charge in [0.05, 0.1) is 0 Å². The van der Waals surface area contributed by atoms with Crippen molar-refractivity contribution in [3.63, 3.8) is 0 Å². The fraction of sp³-hybridized carbons (Fsp3) is 0.500. The zero-order chi connectivity index (χ0) is 9.69. The Morgan fingerprint density at radius 1 is 1.00 bits per heavy atom. The molecule has 0 aromatic heterocycles. The van der Waals surface area contributed by atoms with E-state index in [0.29, 0.717) is 4.75 Å². The van der Waals surface area contributed by atoms with Crippen LogP contribution in [0.25, 0.3) is 0 Å². The summed E-state index contributed by atoms with van der Waals surface area (Å²) in [6, 6.07) is 8.76. The van der Waals surface area contributed by atoms with E-state index in [4.69, 9.17) is 0 Å². The van der Waals surface area contributed by atoms with Gasteiger partial charge in [0.25, 0.3) is 0 Å². The number of fused-ring (bicyclic) bond motifs is 1. The molecule has 1 aromatic rings. The molecule has 70 valence electrons. The largest absolute Gasteiger partial charge is 0.119 e. The molecule has 2 rings (SSSR count). The van der Waals surface area contributed by atoms with Crippen LogP contribution in [0.3, 0.4) is 0 Å². The Hall–Kier alpha value is -0.430. The van der Waals surface area contributed by atoms with E-state index in [2.05, 4.69) is 52.0 Å². The van der Waals surface area contributed by atoms with Crippen molar-refractivity contribution in [2.75, 3.05) is 0 Å². The van der Waals surface area contributed by atoms with E-state index in [1.807, 2.05) is 11.8 Å². The zero-order valence-corrected chi connectivity index (χ0v) is 9.53. The van der Waals surface area contributed by atoms with Gasteiger partial charge in [-0.2, -0.15) is 0 Å². The molecule has 0 fully saturated rings. The summed E-state index contributed by atoms with van der Waals surface area (Å²) in [5.74, 6) is 0. The summed E-state index contributed by atoms with van der Waals surface area (Å²) in [4.78, 5) is 1.46. The first kappa shape index (κ1) is 9.14. The molecule has 0 aliphatic carbocycles. The maximum Gasteiger partial charge on any atom is 0.0242 e. The lowest BCUT2D eigenvalue weighted by atomic mass is 9.75. The molecule has 1 aliphatic heterocycles. The van der Waals surface area contributed by atoms with Gasteiger partial charge in [0.2, 0.25) is 0 Å². The summed E-state index contributed by atoms with van der Waals surface area (Å²) < 4.78 is 0.316. The number of hydrogen-bond acceptors (Lipinski definition) is 1. The minimum absolute atomic E-state index is 0.286. The van der Waals surface area contributed by atoms with E-state index in [9.17, 15) is 0 Å². The molecule has 0 unspecified atom stereocenters. The van der Waals surface area contributed by atoms with E-state index in [1.165, 1.54) is 10.5 Å². The van der Waals surface area contributed by atoms with Crippen molar-refractivity contribution in [2.24, 2.45) is 0 Å². The molecule has 13 heavy (non-hydrogen) atoms. The van der Waals surface area contributed by atoms with E-state index < -0.39 is 0 Å². The van der Waals surface area contributed by atoms with Gasteiger partial charge in [-0.3, -0.25) is 0 Å². The predicted octanol–water partition coefficient (Wildman–Crippen LogP) is 3.85. The molecule has 0 amide bonds. The highest BCUT2D eigenvalue weighted by molar-refractivity contribution is 8.01. The van der Waals surface area contributed by atoms with Gasteiger partial charge >= 0.3 is 0 Å². The van der Waals surface area contributed by atoms with Crippen molar-refractivity contribution in [1.82, 2.24) is 0 Å². The topological polar surface area (TPSA) is 0 Å². The van der Waals surface area contributed by atoms with E-state index in [0.717, 1.165) is 0 Å². The highest BCUT2D eigenvalue weighted by Crippen LogP contribution is 2.55. The van der Waals surface area contributed by atoms with Crippen LogP contribution in [0.4, 0.5) is 0 Å². The molecule has 0 atom stereocenters. The van der Waals surface area contributed by atoms with E-state index in [1.54, 1.807) is 0 Å². The first-order chi connectivity index (χ1) is 5.95. The summed E-state index contributed by atoms with van der Waals surface area (Å²) in [6.07, 6.45) is 0. The van der Waals surface area contributed by atoms with Crippen LogP contribution in [-0.4, -0.2) is 4.75 Å². The van der Waals surface area contributed by atoms with Crippen LogP contribution >= 0.6 is 11.8 Å². The monoisotopic (exact) mass is 192 g/mol. The Morgan fingerprint density at radius 3 is 2.23 bits per heavy atom. The lowest BCUT2D eigenvalue weighted by molar-refractivity contribution is 0.421. The third kappa shape index (κ3) is 1.13. The summed E-state index contributed by atoms with van der Waals surface area (Å²) in [7, 11) is 0.